The van der Waals surface area contributed by atoms with Crippen molar-refractivity contribution in [3.8, 4) is 0 Å². The maximum Gasteiger partial charge on any atom is 0.256 e. The molecule has 2 amide bonds. The quantitative estimate of drug-likeness (QED) is 0.864. The molecule has 4 rings (SSSR count). The monoisotopic (exact) mass is 390 g/mol. The van der Waals surface area contributed by atoms with Crippen molar-refractivity contribution in [2.45, 2.75) is 36.6 Å². The van der Waals surface area contributed by atoms with E-state index in [1.807, 2.05) is 38.1 Å². The van der Waals surface area contributed by atoms with Crippen molar-refractivity contribution in [3.63, 3.8) is 0 Å². The fourth-order valence-electron chi connectivity index (χ4n) is 3.46. The number of hydrogen-bond acceptors (Lipinski definition) is 7. The molecule has 0 unspecified atom stereocenters. The SMILES string of the molecule is COCc1nnc(NC(=O)[C@@H]2N3C(=O)c4ccccc4[C@H]3SC2(C)C)s1. The molecular formula is C17H18N4O3S2. The van der Waals surface area contributed by atoms with E-state index in [9.17, 15) is 9.59 Å². The zero-order chi connectivity index (χ0) is 18.5. The second kappa shape index (κ2) is 6.33. The number of rotatable bonds is 4. The van der Waals surface area contributed by atoms with Crippen LogP contribution in [0.4, 0.5) is 5.13 Å². The normalized spacial score (nSPS) is 23.0. The van der Waals surface area contributed by atoms with E-state index < -0.39 is 10.8 Å². The summed E-state index contributed by atoms with van der Waals surface area (Å²) >= 11 is 2.91. The molecule has 1 N–H and O–H groups in total. The lowest BCUT2D eigenvalue weighted by Gasteiger charge is -2.29. The van der Waals surface area contributed by atoms with Gasteiger partial charge in [0.15, 0.2) is 0 Å². The first-order valence-electron chi connectivity index (χ1n) is 8.14. The standard InChI is InChI=1S/C17H18N4O3S2/c1-17(2)12(13(22)18-16-20-19-11(25-16)8-24-3)21-14(23)9-6-4-5-7-10(9)15(21)26-17/h4-7,12,15H,8H2,1-3H3,(H,18,20,22)/t12-,15+/m0/s1. The topological polar surface area (TPSA) is 84.4 Å². The lowest BCUT2D eigenvalue weighted by molar-refractivity contribution is -0.121. The number of nitrogens with zero attached hydrogens (tertiary/aromatic N) is 3. The number of fused-ring (bicyclic) bond motifs is 3. The van der Waals surface area contributed by atoms with Crippen LogP contribution in [0.3, 0.4) is 0 Å². The molecule has 0 radical (unpaired) electrons. The number of methoxy groups -OCH3 is 1. The Balaban J connectivity index is 1.61. The van der Waals surface area contributed by atoms with Gasteiger partial charge in [-0.05, 0) is 25.5 Å². The molecule has 136 valence electrons. The van der Waals surface area contributed by atoms with Gasteiger partial charge in [0.25, 0.3) is 5.91 Å². The van der Waals surface area contributed by atoms with Gasteiger partial charge in [0.1, 0.15) is 23.0 Å². The number of benzene rings is 1. The zero-order valence-electron chi connectivity index (χ0n) is 14.6. The summed E-state index contributed by atoms with van der Waals surface area (Å²) in [7, 11) is 1.58. The minimum absolute atomic E-state index is 0.0961. The summed E-state index contributed by atoms with van der Waals surface area (Å²) < 4.78 is 4.61. The third-order valence-corrected chi connectivity index (χ3v) is 6.86. The summed E-state index contributed by atoms with van der Waals surface area (Å²) in [5, 5.41) is 11.7. The smallest absolute Gasteiger partial charge is 0.256 e. The molecule has 9 heteroatoms. The molecule has 2 aliphatic rings. The molecule has 2 atom stereocenters. The Bertz CT molecular complexity index is 882. The van der Waals surface area contributed by atoms with Crippen LogP contribution in [0.25, 0.3) is 0 Å². The predicted octanol–water partition coefficient (Wildman–Crippen LogP) is 2.67. The Morgan fingerprint density at radius 1 is 1.35 bits per heavy atom. The average molecular weight is 390 g/mol. The lowest BCUT2D eigenvalue weighted by Crippen LogP contribution is -2.50. The first kappa shape index (κ1) is 17.4. The van der Waals surface area contributed by atoms with Crippen molar-refractivity contribution in [3.05, 3.63) is 40.4 Å². The molecule has 1 aromatic carbocycles. The first-order valence-corrected chi connectivity index (χ1v) is 9.83. The van der Waals surface area contributed by atoms with E-state index in [0.29, 0.717) is 22.3 Å². The Labute approximate surface area is 159 Å². The van der Waals surface area contributed by atoms with Crippen molar-refractivity contribution in [2.24, 2.45) is 0 Å². The van der Waals surface area contributed by atoms with E-state index in [0.717, 1.165) is 5.56 Å². The Morgan fingerprint density at radius 3 is 2.88 bits per heavy atom. The number of aromatic nitrogens is 2. The largest absolute Gasteiger partial charge is 0.377 e. The number of nitrogens with one attached hydrogen (secondary N) is 1. The third kappa shape index (κ3) is 2.70. The van der Waals surface area contributed by atoms with Crippen molar-refractivity contribution in [2.75, 3.05) is 12.4 Å². The molecule has 26 heavy (non-hydrogen) atoms. The third-order valence-electron chi connectivity index (χ3n) is 4.51. The Hall–Kier alpha value is -1.97. The number of carbonyl (C=O) groups is 2. The summed E-state index contributed by atoms with van der Waals surface area (Å²) in [5.41, 5.74) is 1.65. The van der Waals surface area contributed by atoms with Gasteiger partial charge in [0.2, 0.25) is 11.0 Å². The van der Waals surface area contributed by atoms with Gasteiger partial charge in [-0.25, -0.2) is 0 Å². The number of thioether (sulfide) groups is 1. The van der Waals surface area contributed by atoms with Crippen molar-refractivity contribution < 1.29 is 14.3 Å². The van der Waals surface area contributed by atoms with E-state index >= 15 is 0 Å². The highest BCUT2D eigenvalue weighted by atomic mass is 32.2. The highest BCUT2D eigenvalue weighted by Crippen LogP contribution is 2.56. The van der Waals surface area contributed by atoms with Crippen LogP contribution >= 0.6 is 23.1 Å². The van der Waals surface area contributed by atoms with Gasteiger partial charge < -0.3 is 9.64 Å². The molecule has 2 aliphatic heterocycles. The van der Waals surface area contributed by atoms with Gasteiger partial charge in [-0.15, -0.1) is 22.0 Å². The fourth-order valence-corrected chi connectivity index (χ4v) is 5.77. The summed E-state index contributed by atoms with van der Waals surface area (Å²) in [6, 6.07) is 6.97. The van der Waals surface area contributed by atoms with Crippen LogP contribution in [0.15, 0.2) is 24.3 Å². The van der Waals surface area contributed by atoms with Crippen LogP contribution in [0.1, 0.15) is 40.2 Å². The molecule has 3 heterocycles. The highest BCUT2D eigenvalue weighted by Gasteiger charge is 2.57. The maximum atomic E-state index is 13.0. The van der Waals surface area contributed by atoms with E-state index in [1.54, 1.807) is 23.8 Å². The maximum absolute atomic E-state index is 13.0. The molecule has 0 aliphatic carbocycles. The fraction of sp³-hybridized carbons (Fsp3) is 0.412. The minimum Gasteiger partial charge on any atom is -0.377 e. The summed E-state index contributed by atoms with van der Waals surface area (Å²) in [6.45, 7) is 4.33. The second-order valence-electron chi connectivity index (χ2n) is 6.70. The molecule has 0 bridgehead atoms. The van der Waals surface area contributed by atoms with Gasteiger partial charge in [0, 0.05) is 17.4 Å². The summed E-state index contributed by atoms with van der Waals surface area (Å²) in [4.78, 5) is 27.6. The van der Waals surface area contributed by atoms with Gasteiger partial charge in [0.05, 0.1) is 0 Å². The number of ether oxygens (including phenoxy) is 1. The highest BCUT2D eigenvalue weighted by molar-refractivity contribution is 8.01. The number of amides is 2. The van der Waals surface area contributed by atoms with Gasteiger partial charge in [-0.3, -0.25) is 14.9 Å². The van der Waals surface area contributed by atoms with Crippen molar-refractivity contribution in [1.29, 1.82) is 0 Å². The molecule has 1 aromatic heterocycles. The lowest BCUT2D eigenvalue weighted by atomic mass is 10.0. The van der Waals surface area contributed by atoms with Crippen molar-refractivity contribution >= 4 is 40.0 Å². The zero-order valence-corrected chi connectivity index (χ0v) is 16.2. The summed E-state index contributed by atoms with van der Waals surface area (Å²) in [6.07, 6.45) is 0. The average Bonchev–Trinajstić information content (AvgIpc) is 3.22. The van der Waals surface area contributed by atoms with E-state index in [-0.39, 0.29) is 17.2 Å². The Kier molecular flexibility index (Phi) is 4.25. The van der Waals surface area contributed by atoms with Gasteiger partial charge >= 0.3 is 0 Å². The molecule has 2 aromatic rings. The van der Waals surface area contributed by atoms with Gasteiger partial charge in [-0.1, -0.05) is 29.5 Å². The first-order chi connectivity index (χ1) is 12.4. The number of hydrogen-bond donors (Lipinski definition) is 1. The number of anilines is 1. The molecule has 0 spiro atoms. The predicted molar refractivity (Wildman–Crippen MR) is 100 cm³/mol. The van der Waals surface area contributed by atoms with Crippen LogP contribution < -0.4 is 5.32 Å². The second-order valence-corrected chi connectivity index (χ2v) is 9.50. The van der Waals surface area contributed by atoms with Crippen LogP contribution in [0, 0.1) is 0 Å². The number of carbonyl (C=O) groups excluding carboxylic acids is 2. The van der Waals surface area contributed by atoms with Gasteiger partial charge in [-0.2, -0.15) is 0 Å². The molecular weight excluding hydrogens is 372 g/mol. The molecule has 1 saturated heterocycles. The van der Waals surface area contributed by atoms with Crippen LogP contribution in [0.2, 0.25) is 0 Å². The van der Waals surface area contributed by atoms with E-state index in [4.69, 9.17) is 4.74 Å². The summed E-state index contributed by atoms with van der Waals surface area (Å²) in [5.74, 6) is -0.340. The molecule has 0 saturated carbocycles. The molecule has 7 nitrogen and oxygen atoms in total. The van der Waals surface area contributed by atoms with E-state index in [2.05, 4.69) is 15.5 Å². The molecule has 1 fully saturated rings. The van der Waals surface area contributed by atoms with E-state index in [1.165, 1.54) is 11.3 Å². The van der Waals surface area contributed by atoms with Crippen LogP contribution in [-0.2, 0) is 16.1 Å². The van der Waals surface area contributed by atoms with Crippen molar-refractivity contribution in [1.82, 2.24) is 15.1 Å². The Morgan fingerprint density at radius 2 is 2.12 bits per heavy atom. The van der Waals surface area contributed by atoms with Crippen LogP contribution in [-0.4, -0.2) is 44.8 Å². The minimum atomic E-state index is -0.591. The van der Waals surface area contributed by atoms with Crippen LogP contribution in [0.5, 0.6) is 0 Å².